The second-order valence-electron chi connectivity index (χ2n) is 10.1. The first-order chi connectivity index (χ1) is 16.5. The van der Waals surface area contributed by atoms with Gasteiger partial charge in [0, 0.05) is 81.1 Å². The maximum atomic E-state index is 6.38. The van der Waals surface area contributed by atoms with E-state index in [2.05, 4.69) is 78.4 Å². The third-order valence-corrected chi connectivity index (χ3v) is 7.54. The number of piperazine rings is 1. The number of nitrogens with zero attached hydrogens (tertiary/aromatic N) is 5. The van der Waals surface area contributed by atoms with Crippen LogP contribution in [-0.4, -0.2) is 70.9 Å². The number of hydrogen-bond donors (Lipinski definition) is 1. The number of nitrogens with one attached hydrogen (secondary N) is 1. The van der Waals surface area contributed by atoms with Gasteiger partial charge in [-0.3, -0.25) is 4.98 Å². The van der Waals surface area contributed by atoms with Crippen LogP contribution in [0.4, 0.5) is 5.69 Å². The third kappa shape index (κ3) is 4.44. The summed E-state index contributed by atoms with van der Waals surface area (Å²) < 4.78 is 8.36. The Bertz CT molecular complexity index is 1100. The van der Waals surface area contributed by atoms with E-state index in [9.17, 15) is 0 Å². The summed E-state index contributed by atoms with van der Waals surface area (Å²) in [6, 6.07) is 9.77. The Morgan fingerprint density at radius 2 is 2.00 bits per heavy atom. The van der Waals surface area contributed by atoms with Crippen LogP contribution in [0.5, 0.6) is 0 Å². The van der Waals surface area contributed by atoms with Gasteiger partial charge in [0.05, 0.1) is 22.5 Å². The minimum absolute atomic E-state index is 0.231. The summed E-state index contributed by atoms with van der Waals surface area (Å²) in [4.78, 5) is 9.89. The molecule has 1 atom stereocenters. The number of aromatic nitrogens is 3. The van der Waals surface area contributed by atoms with Crippen LogP contribution in [0.15, 0.2) is 42.9 Å². The van der Waals surface area contributed by atoms with E-state index in [1.54, 1.807) is 0 Å². The van der Waals surface area contributed by atoms with Crippen molar-refractivity contribution in [1.82, 2.24) is 24.8 Å². The molecule has 1 N–H and O–H groups in total. The normalized spacial score (nSPS) is 21.4. The van der Waals surface area contributed by atoms with Crippen molar-refractivity contribution in [2.75, 3.05) is 44.2 Å². The van der Waals surface area contributed by atoms with Gasteiger partial charge in [-0.25, -0.2) is 4.52 Å². The molecule has 7 nitrogen and oxygen atoms in total. The van der Waals surface area contributed by atoms with Gasteiger partial charge in [0.25, 0.3) is 0 Å². The number of piperidine rings is 1. The average Bonchev–Trinajstić information content (AvgIpc) is 3.29. The van der Waals surface area contributed by atoms with E-state index in [-0.39, 0.29) is 5.60 Å². The first-order valence-electron chi connectivity index (χ1n) is 12.8. The molecule has 2 saturated heterocycles. The number of fused-ring (bicyclic) bond motifs is 1. The predicted octanol–water partition coefficient (Wildman–Crippen LogP) is 3.93. The van der Waals surface area contributed by atoms with Crippen molar-refractivity contribution < 1.29 is 4.74 Å². The fourth-order valence-corrected chi connectivity index (χ4v) is 5.59. The molecule has 0 radical (unpaired) electrons. The van der Waals surface area contributed by atoms with E-state index in [4.69, 9.17) is 9.72 Å². The standard InChI is InChI=1S/C27H38N6O/c1-5-34-27(9-13-31(14-10-27)20(2)3)23-6-7-24(29-17-23)22-16-26-25(8-11-30-33(26)19-22)32-15-12-28-21(4)18-32/h6-8,11,16-17,19-21,28H,5,9-10,12-15,18H2,1-4H3. The molecule has 182 valence electrons. The topological polar surface area (TPSA) is 57.9 Å². The molecule has 5 heterocycles. The lowest BCUT2D eigenvalue weighted by Crippen LogP contribution is -2.49. The lowest BCUT2D eigenvalue weighted by molar-refractivity contribution is -0.0888. The Morgan fingerprint density at radius 3 is 2.68 bits per heavy atom. The highest BCUT2D eigenvalue weighted by atomic mass is 16.5. The Hall–Kier alpha value is -2.48. The van der Waals surface area contributed by atoms with E-state index >= 15 is 0 Å². The van der Waals surface area contributed by atoms with Crippen molar-refractivity contribution in [3.63, 3.8) is 0 Å². The predicted molar refractivity (Wildman–Crippen MR) is 137 cm³/mol. The van der Waals surface area contributed by atoms with Gasteiger partial charge >= 0.3 is 0 Å². The summed E-state index contributed by atoms with van der Waals surface area (Å²) in [5, 5.41) is 8.10. The highest BCUT2D eigenvalue weighted by Crippen LogP contribution is 2.38. The molecule has 2 aliphatic rings. The molecule has 2 aliphatic heterocycles. The zero-order valence-electron chi connectivity index (χ0n) is 21.0. The van der Waals surface area contributed by atoms with Crippen molar-refractivity contribution in [2.45, 2.75) is 58.2 Å². The van der Waals surface area contributed by atoms with E-state index in [1.807, 2.05) is 16.9 Å². The SMILES string of the molecule is CCOC1(c2ccc(-c3cc4c(N5CCNC(C)C5)ccnn4c3)nc2)CCN(C(C)C)CC1. The molecule has 0 amide bonds. The zero-order valence-corrected chi connectivity index (χ0v) is 21.0. The molecule has 5 rings (SSSR count). The van der Waals surface area contributed by atoms with Crippen molar-refractivity contribution in [3.8, 4) is 11.3 Å². The largest absolute Gasteiger partial charge is 0.370 e. The van der Waals surface area contributed by atoms with Crippen LogP contribution in [0.3, 0.4) is 0 Å². The molecule has 3 aromatic heterocycles. The van der Waals surface area contributed by atoms with Crippen LogP contribution in [0.2, 0.25) is 0 Å². The minimum Gasteiger partial charge on any atom is -0.370 e. The molecule has 0 aromatic carbocycles. The fourth-order valence-electron chi connectivity index (χ4n) is 5.59. The number of ether oxygens (including phenoxy) is 1. The van der Waals surface area contributed by atoms with E-state index in [0.29, 0.717) is 18.7 Å². The van der Waals surface area contributed by atoms with Crippen LogP contribution < -0.4 is 10.2 Å². The summed E-state index contributed by atoms with van der Waals surface area (Å²) in [6.07, 6.45) is 8.03. The Balaban J connectivity index is 1.41. The monoisotopic (exact) mass is 462 g/mol. The molecule has 0 aliphatic carbocycles. The lowest BCUT2D eigenvalue weighted by Gasteiger charge is -2.43. The van der Waals surface area contributed by atoms with Crippen LogP contribution in [0.1, 0.15) is 46.1 Å². The number of pyridine rings is 1. The van der Waals surface area contributed by atoms with Crippen LogP contribution in [0, 0.1) is 0 Å². The number of rotatable bonds is 6. The molecule has 0 spiro atoms. The Labute approximate surface area is 203 Å². The molecule has 2 fully saturated rings. The summed E-state index contributed by atoms with van der Waals surface area (Å²) in [5.74, 6) is 0. The number of likely N-dealkylation sites (tertiary alicyclic amines) is 1. The maximum absolute atomic E-state index is 6.38. The van der Waals surface area contributed by atoms with Gasteiger partial charge in [0.2, 0.25) is 0 Å². The van der Waals surface area contributed by atoms with E-state index in [0.717, 1.165) is 62.3 Å². The molecular weight excluding hydrogens is 424 g/mol. The van der Waals surface area contributed by atoms with Gasteiger partial charge in [-0.05, 0) is 58.7 Å². The van der Waals surface area contributed by atoms with E-state index in [1.165, 1.54) is 11.3 Å². The molecule has 0 saturated carbocycles. The summed E-state index contributed by atoms with van der Waals surface area (Å²) in [5.41, 5.74) is 5.39. The number of hydrogen-bond acceptors (Lipinski definition) is 6. The Morgan fingerprint density at radius 1 is 1.18 bits per heavy atom. The van der Waals surface area contributed by atoms with Crippen molar-refractivity contribution in [2.24, 2.45) is 0 Å². The van der Waals surface area contributed by atoms with Gasteiger partial charge in [-0.1, -0.05) is 6.07 Å². The second kappa shape index (κ2) is 9.64. The summed E-state index contributed by atoms with van der Waals surface area (Å²) in [6.45, 7) is 14.7. The molecule has 34 heavy (non-hydrogen) atoms. The van der Waals surface area contributed by atoms with Gasteiger partial charge in [-0.2, -0.15) is 5.10 Å². The van der Waals surface area contributed by atoms with Crippen LogP contribution >= 0.6 is 0 Å². The van der Waals surface area contributed by atoms with Crippen molar-refractivity contribution in [1.29, 1.82) is 0 Å². The molecule has 3 aromatic rings. The maximum Gasteiger partial charge on any atom is 0.0970 e. The van der Waals surface area contributed by atoms with Crippen molar-refractivity contribution >= 4 is 11.2 Å². The average molecular weight is 463 g/mol. The molecule has 7 heteroatoms. The van der Waals surface area contributed by atoms with E-state index < -0.39 is 0 Å². The van der Waals surface area contributed by atoms with Gasteiger partial charge in [0.1, 0.15) is 0 Å². The highest BCUT2D eigenvalue weighted by Gasteiger charge is 2.37. The second-order valence-corrected chi connectivity index (χ2v) is 10.1. The van der Waals surface area contributed by atoms with Gasteiger partial charge in [0.15, 0.2) is 0 Å². The summed E-state index contributed by atoms with van der Waals surface area (Å²) in [7, 11) is 0. The van der Waals surface area contributed by atoms with Gasteiger partial charge in [-0.15, -0.1) is 0 Å². The summed E-state index contributed by atoms with van der Waals surface area (Å²) >= 11 is 0. The lowest BCUT2D eigenvalue weighted by atomic mass is 9.84. The smallest absolute Gasteiger partial charge is 0.0970 e. The molecule has 0 bridgehead atoms. The van der Waals surface area contributed by atoms with Crippen LogP contribution in [-0.2, 0) is 10.3 Å². The first-order valence-corrected chi connectivity index (χ1v) is 12.8. The first kappa shape index (κ1) is 23.3. The highest BCUT2D eigenvalue weighted by molar-refractivity contribution is 5.79. The molecule has 1 unspecified atom stereocenters. The minimum atomic E-state index is -0.231. The van der Waals surface area contributed by atoms with Gasteiger partial charge < -0.3 is 19.9 Å². The van der Waals surface area contributed by atoms with Crippen LogP contribution in [0.25, 0.3) is 16.8 Å². The van der Waals surface area contributed by atoms with Crippen molar-refractivity contribution in [3.05, 3.63) is 48.4 Å². The third-order valence-electron chi connectivity index (χ3n) is 7.54. The number of anilines is 1. The zero-order chi connectivity index (χ0) is 23.7. The quantitative estimate of drug-likeness (QED) is 0.599. The fraction of sp³-hybridized carbons (Fsp3) is 0.556. The Kier molecular flexibility index (Phi) is 6.60. The molecular formula is C27H38N6O.